The maximum atomic E-state index is 12.2. The zero-order valence-corrected chi connectivity index (χ0v) is 16.3. The van der Waals surface area contributed by atoms with Gasteiger partial charge in [-0.25, -0.2) is 0 Å². The van der Waals surface area contributed by atoms with E-state index in [1.165, 1.54) is 5.56 Å². The van der Waals surface area contributed by atoms with Gasteiger partial charge in [-0.3, -0.25) is 25.2 Å². The van der Waals surface area contributed by atoms with Gasteiger partial charge in [-0.1, -0.05) is 48.5 Å². The summed E-state index contributed by atoms with van der Waals surface area (Å²) < 4.78 is 0. The van der Waals surface area contributed by atoms with E-state index in [-0.39, 0.29) is 43.7 Å². The minimum atomic E-state index is -0.350. The summed E-state index contributed by atoms with van der Waals surface area (Å²) in [6, 6.07) is 17.5. The van der Waals surface area contributed by atoms with Crippen LogP contribution in [0.5, 0.6) is 0 Å². The van der Waals surface area contributed by atoms with Gasteiger partial charge < -0.3 is 10.2 Å². The number of hydrogen-bond acceptors (Lipinski definition) is 4. The lowest BCUT2D eigenvalue weighted by Crippen LogP contribution is -2.47. The number of rotatable bonds is 7. The summed E-state index contributed by atoms with van der Waals surface area (Å²) >= 11 is 0. The third-order valence-corrected chi connectivity index (χ3v) is 4.76. The van der Waals surface area contributed by atoms with Crippen molar-refractivity contribution < 1.29 is 14.4 Å². The van der Waals surface area contributed by atoms with E-state index in [1.54, 1.807) is 0 Å². The summed E-state index contributed by atoms with van der Waals surface area (Å²) in [4.78, 5) is 37.9. The maximum Gasteiger partial charge on any atom is 0.257 e. The fourth-order valence-electron chi connectivity index (χ4n) is 3.35. The van der Waals surface area contributed by atoms with Crippen LogP contribution in [0.4, 0.5) is 5.69 Å². The van der Waals surface area contributed by atoms with Crippen LogP contribution in [0.3, 0.4) is 0 Å². The molecular weight excluding hydrogens is 368 g/mol. The van der Waals surface area contributed by atoms with Crippen LogP contribution >= 0.6 is 0 Å². The van der Waals surface area contributed by atoms with Gasteiger partial charge >= 0.3 is 0 Å². The summed E-state index contributed by atoms with van der Waals surface area (Å²) in [5.74, 6) is -0.766. The zero-order chi connectivity index (χ0) is 20.5. The second-order valence-electron chi connectivity index (χ2n) is 7.01. The standard InChI is InChI=1S/C22H26N4O3/c27-20(12-13-23-21(28)15-17-7-2-1-3-8-17)24-25-22(29)16-26-14-6-10-18-9-4-5-11-19(18)26/h1-5,7-9,11H,6,10,12-16H2,(H,23,28)(H,24,27)(H,25,29). The van der Waals surface area contributed by atoms with E-state index >= 15 is 0 Å². The summed E-state index contributed by atoms with van der Waals surface area (Å²) in [5.41, 5.74) is 8.07. The Morgan fingerprint density at radius 1 is 0.862 bits per heavy atom. The summed E-state index contributed by atoms with van der Waals surface area (Å²) in [6.45, 7) is 1.21. The van der Waals surface area contributed by atoms with E-state index in [1.807, 2.05) is 53.4 Å². The van der Waals surface area contributed by atoms with Crippen molar-refractivity contribution in [2.24, 2.45) is 0 Å². The monoisotopic (exact) mass is 394 g/mol. The first kappa shape index (κ1) is 20.4. The Kier molecular flexibility index (Phi) is 7.22. The number of nitrogens with one attached hydrogen (secondary N) is 3. The van der Waals surface area contributed by atoms with Crippen molar-refractivity contribution in [2.45, 2.75) is 25.7 Å². The second-order valence-corrected chi connectivity index (χ2v) is 7.01. The topological polar surface area (TPSA) is 90.5 Å². The average Bonchev–Trinajstić information content (AvgIpc) is 2.73. The number of anilines is 1. The van der Waals surface area contributed by atoms with Gasteiger partial charge in [0.05, 0.1) is 13.0 Å². The van der Waals surface area contributed by atoms with Crippen LogP contribution in [-0.4, -0.2) is 37.4 Å². The third kappa shape index (κ3) is 6.34. The van der Waals surface area contributed by atoms with Crippen molar-refractivity contribution in [1.82, 2.24) is 16.2 Å². The Morgan fingerprint density at radius 3 is 2.41 bits per heavy atom. The van der Waals surface area contributed by atoms with E-state index in [4.69, 9.17) is 0 Å². The zero-order valence-electron chi connectivity index (χ0n) is 16.3. The molecule has 3 amide bonds. The largest absolute Gasteiger partial charge is 0.362 e. The Morgan fingerprint density at radius 2 is 1.59 bits per heavy atom. The van der Waals surface area contributed by atoms with Gasteiger partial charge in [0.2, 0.25) is 11.8 Å². The van der Waals surface area contributed by atoms with Crippen molar-refractivity contribution in [2.75, 3.05) is 24.5 Å². The number of carbonyl (C=O) groups is 3. The summed E-state index contributed by atoms with van der Waals surface area (Å²) in [6.07, 6.45) is 2.38. The molecule has 3 rings (SSSR count). The molecule has 0 unspecified atom stereocenters. The number of amides is 3. The van der Waals surface area contributed by atoms with E-state index in [9.17, 15) is 14.4 Å². The Labute approximate surface area is 170 Å². The summed E-state index contributed by atoms with van der Waals surface area (Å²) in [5, 5.41) is 2.71. The van der Waals surface area contributed by atoms with Crippen LogP contribution in [0.15, 0.2) is 54.6 Å². The molecular formula is C22H26N4O3. The molecule has 1 heterocycles. The van der Waals surface area contributed by atoms with E-state index < -0.39 is 0 Å². The fourth-order valence-corrected chi connectivity index (χ4v) is 3.35. The average molecular weight is 394 g/mol. The van der Waals surface area contributed by atoms with Crippen LogP contribution < -0.4 is 21.1 Å². The molecule has 1 aliphatic rings. The Bertz CT molecular complexity index is 854. The first-order valence-corrected chi connectivity index (χ1v) is 9.83. The molecule has 0 atom stereocenters. The lowest BCUT2D eigenvalue weighted by atomic mass is 10.0. The first-order valence-electron chi connectivity index (χ1n) is 9.83. The highest BCUT2D eigenvalue weighted by Gasteiger charge is 2.18. The smallest absolute Gasteiger partial charge is 0.257 e. The Hall–Kier alpha value is -3.35. The molecule has 0 aromatic heterocycles. The number of fused-ring (bicyclic) bond motifs is 1. The van der Waals surface area contributed by atoms with Gasteiger partial charge in [-0.05, 0) is 30.0 Å². The van der Waals surface area contributed by atoms with Gasteiger partial charge in [0.15, 0.2) is 0 Å². The van der Waals surface area contributed by atoms with Crippen LogP contribution in [0, 0.1) is 0 Å². The van der Waals surface area contributed by atoms with Gasteiger partial charge in [0.1, 0.15) is 0 Å². The molecule has 152 valence electrons. The van der Waals surface area contributed by atoms with Crippen molar-refractivity contribution in [3.8, 4) is 0 Å². The minimum absolute atomic E-state index is 0.0906. The highest BCUT2D eigenvalue weighted by molar-refractivity contribution is 5.85. The van der Waals surface area contributed by atoms with Crippen molar-refractivity contribution in [1.29, 1.82) is 0 Å². The number of nitrogens with zero attached hydrogens (tertiary/aromatic N) is 1. The molecule has 0 spiro atoms. The molecule has 2 aromatic rings. The number of aryl methyl sites for hydroxylation is 1. The number of hydrogen-bond donors (Lipinski definition) is 3. The Balaban J connectivity index is 1.33. The molecule has 7 heteroatoms. The molecule has 3 N–H and O–H groups in total. The number of para-hydroxylation sites is 1. The number of carbonyl (C=O) groups excluding carboxylic acids is 3. The predicted octanol–water partition coefficient (Wildman–Crippen LogP) is 1.34. The highest BCUT2D eigenvalue weighted by Crippen LogP contribution is 2.26. The van der Waals surface area contributed by atoms with Gasteiger partial charge in [0.25, 0.3) is 5.91 Å². The van der Waals surface area contributed by atoms with E-state index in [2.05, 4.69) is 22.2 Å². The van der Waals surface area contributed by atoms with Crippen LogP contribution in [0.25, 0.3) is 0 Å². The fraction of sp³-hybridized carbons (Fsp3) is 0.318. The predicted molar refractivity (Wildman–Crippen MR) is 111 cm³/mol. The van der Waals surface area contributed by atoms with Crippen LogP contribution in [0.1, 0.15) is 24.0 Å². The highest BCUT2D eigenvalue weighted by atomic mass is 16.2. The van der Waals surface area contributed by atoms with E-state index in [0.717, 1.165) is 30.6 Å². The van der Waals surface area contributed by atoms with E-state index in [0.29, 0.717) is 0 Å². The van der Waals surface area contributed by atoms with Gasteiger partial charge in [-0.15, -0.1) is 0 Å². The second kappa shape index (κ2) is 10.3. The molecule has 0 fully saturated rings. The lowest BCUT2D eigenvalue weighted by molar-refractivity contribution is -0.128. The van der Waals surface area contributed by atoms with Gasteiger partial charge in [-0.2, -0.15) is 0 Å². The quantitative estimate of drug-likeness (QED) is 0.618. The van der Waals surface area contributed by atoms with Crippen LogP contribution in [-0.2, 0) is 27.2 Å². The normalized spacial score (nSPS) is 12.6. The number of benzene rings is 2. The molecule has 2 aromatic carbocycles. The molecule has 0 saturated heterocycles. The minimum Gasteiger partial charge on any atom is -0.362 e. The van der Waals surface area contributed by atoms with Crippen molar-refractivity contribution in [3.05, 3.63) is 65.7 Å². The third-order valence-electron chi connectivity index (χ3n) is 4.76. The molecule has 7 nitrogen and oxygen atoms in total. The lowest BCUT2D eigenvalue weighted by Gasteiger charge is -2.30. The molecule has 1 aliphatic heterocycles. The molecule has 0 saturated carbocycles. The number of hydrazine groups is 1. The molecule has 0 radical (unpaired) electrons. The first-order chi connectivity index (χ1) is 14.1. The van der Waals surface area contributed by atoms with Crippen molar-refractivity contribution >= 4 is 23.4 Å². The molecule has 29 heavy (non-hydrogen) atoms. The maximum absolute atomic E-state index is 12.2. The SMILES string of the molecule is O=C(Cc1ccccc1)NCCC(=O)NNC(=O)CN1CCCc2ccccc21. The van der Waals surface area contributed by atoms with Crippen LogP contribution in [0.2, 0.25) is 0 Å². The summed E-state index contributed by atoms with van der Waals surface area (Å²) in [7, 11) is 0. The van der Waals surface area contributed by atoms with Gasteiger partial charge in [0, 0.05) is 25.2 Å². The molecule has 0 aliphatic carbocycles. The molecule has 0 bridgehead atoms. The van der Waals surface area contributed by atoms with Crippen molar-refractivity contribution in [3.63, 3.8) is 0 Å².